The fraction of sp³-hybridized carbons (Fsp3) is 0.923. The predicted octanol–water partition coefficient (Wildman–Crippen LogP) is 0.786. The number of carboxylic acid groups (broad SMARTS) is 1. The van der Waals surface area contributed by atoms with E-state index in [0.717, 1.165) is 25.7 Å². The summed E-state index contributed by atoms with van der Waals surface area (Å²) in [4.78, 5) is 10.5. The quantitative estimate of drug-likeness (QED) is 0.726. The minimum Gasteiger partial charge on any atom is -0.481 e. The third-order valence-corrected chi connectivity index (χ3v) is 6.39. The van der Waals surface area contributed by atoms with Crippen molar-refractivity contribution in [2.45, 2.75) is 63.6 Å². The predicted molar refractivity (Wildman–Crippen MR) is 76.0 cm³/mol. The summed E-state index contributed by atoms with van der Waals surface area (Å²) in [5.41, 5.74) is 0. The molecular formula is C13H24N2O4S. The van der Waals surface area contributed by atoms with Crippen molar-refractivity contribution in [1.29, 1.82) is 0 Å². The van der Waals surface area contributed by atoms with Gasteiger partial charge in [0.05, 0.1) is 5.75 Å². The van der Waals surface area contributed by atoms with Gasteiger partial charge in [0.15, 0.2) is 0 Å². The molecule has 2 unspecified atom stereocenters. The average molecular weight is 304 g/mol. The molecule has 2 aliphatic heterocycles. The number of aliphatic carboxylic acids is 1. The van der Waals surface area contributed by atoms with E-state index in [9.17, 15) is 13.2 Å². The lowest BCUT2D eigenvalue weighted by molar-refractivity contribution is -0.137. The molecule has 0 radical (unpaired) electrons. The second kappa shape index (κ2) is 6.41. The third-order valence-electron chi connectivity index (χ3n) is 4.32. The van der Waals surface area contributed by atoms with Crippen molar-refractivity contribution in [1.82, 2.24) is 9.62 Å². The highest BCUT2D eigenvalue weighted by molar-refractivity contribution is 7.89. The van der Waals surface area contributed by atoms with Crippen molar-refractivity contribution in [3.63, 3.8) is 0 Å². The first-order chi connectivity index (χ1) is 9.42. The molecule has 0 aliphatic carbocycles. The minimum absolute atomic E-state index is 0.0631. The highest BCUT2D eigenvalue weighted by atomic mass is 32.2. The van der Waals surface area contributed by atoms with Gasteiger partial charge in [0.1, 0.15) is 0 Å². The standard InChI is InChI=1S/C13H24N2O4S/c1-2-15(20(18,19)7-3-4-13(16)17)12-8-10-5-6-11(9-12)14-10/h10-12,14H,2-9H2,1H3,(H,16,17). The molecule has 116 valence electrons. The number of sulfonamides is 1. The molecule has 6 nitrogen and oxygen atoms in total. The van der Waals surface area contributed by atoms with Crippen LogP contribution in [0.25, 0.3) is 0 Å². The molecular weight excluding hydrogens is 280 g/mol. The molecule has 0 aromatic rings. The number of carboxylic acids is 1. The molecule has 0 aromatic heterocycles. The Morgan fingerprint density at radius 1 is 1.30 bits per heavy atom. The Morgan fingerprint density at radius 3 is 2.40 bits per heavy atom. The minimum atomic E-state index is -3.34. The molecule has 2 heterocycles. The van der Waals surface area contributed by atoms with Gasteiger partial charge in [-0.05, 0) is 32.1 Å². The first-order valence-corrected chi connectivity index (χ1v) is 9.00. The summed E-state index contributed by atoms with van der Waals surface area (Å²) >= 11 is 0. The molecule has 2 N–H and O–H groups in total. The van der Waals surface area contributed by atoms with Crippen molar-refractivity contribution in [2.75, 3.05) is 12.3 Å². The van der Waals surface area contributed by atoms with Crippen LogP contribution in [0, 0.1) is 0 Å². The van der Waals surface area contributed by atoms with Gasteiger partial charge in [-0.15, -0.1) is 0 Å². The highest BCUT2D eigenvalue weighted by Crippen LogP contribution is 2.31. The van der Waals surface area contributed by atoms with E-state index in [2.05, 4.69) is 5.32 Å². The lowest BCUT2D eigenvalue weighted by Crippen LogP contribution is -2.50. The number of carbonyl (C=O) groups is 1. The van der Waals surface area contributed by atoms with E-state index in [4.69, 9.17) is 5.11 Å². The summed E-state index contributed by atoms with van der Waals surface area (Å²) in [6.07, 6.45) is 4.13. The van der Waals surface area contributed by atoms with Gasteiger partial charge in [0.2, 0.25) is 10.0 Å². The maximum absolute atomic E-state index is 12.4. The molecule has 20 heavy (non-hydrogen) atoms. The van der Waals surface area contributed by atoms with Gasteiger partial charge in [-0.2, -0.15) is 4.31 Å². The fourth-order valence-corrected chi connectivity index (χ4v) is 5.23. The Hall–Kier alpha value is -0.660. The van der Waals surface area contributed by atoms with Crippen molar-refractivity contribution < 1.29 is 18.3 Å². The summed E-state index contributed by atoms with van der Waals surface area (Å²) in [6, 6.07) is 0.970. The zero-order valence-corrected chi connectivity index (χ0v) is 12.7. The Morgan fingerprint density at radius 2 is 1.90 bits per heavy atom. The summed E-state index contributed by atoms with van der Waals surface area (Å²) < 4.78 is 26.4. The van der Waals surface area contributed by atoms with E-state index >= 15 is 0 Å². The van der Waals surface area contributed by atoms with E-state index < -0.39 is 16.0 Å². The normalized spacial score (nSPS) is 29.8. The van der Waals surface area contributed by atoms with Gasteiger partial charge in [-0.25, -0.2) is 8.42 Å². The van der Waals surface area contributed by atoms with Crippen molar-refractivity contribution in [3.05, 3.63) is 0 Å². The van der Waals surface area contributed by atoms with E-state index in [1.807, 2.05) is 6.92 Å². The van der Waals surface area contributed by atoms with Crippen LogP contribution in [0.5, 0.6) is 0 Å². The lowest BCUT2D eigenvalue weighted by Gasteiger charge is -2.36. The zero-order chi connectivity index (χ0) is 14.8. The summed E-state index contributed by atoms with van der Waals surface area (Å²) in [7, 11) is -3.34. The smallest absolute Gasteiger partial charge is 0.303 e. The maximum Gasteiger partial charge on any atom is 0.303 e. The number of nitrogens with one attached hydrogen (secondary N) is 1. The van der Waals surface area contributed by atoms with E-state index in [0.29, 0.717) is 18.6 Å². The number of hydrogen-bond acceptors (Lipinski definition) is 4. The number of fused-ring (bicyclic) bond motifs is 2. The fourth-order valence-electron chi connectivity index (χ4n) is 3.47. The third kappa shape index (κ3) is 3.71. The summed E-state index contributed by atoms with van der Waals surface area (Å²) in [5, 5.41) is 12.1. The van der Waals surface area contributed by atoms with E-state index in [-0.39, 0.29) is 24.6 Å². The molecule has 7 heteroatoms. The first kappa shape index (κ1) is 15.7. The van der Waals surface area contributed by atoms with Crippen molar-refractivity contribution >= 4 is 16.0 Å². The first-order valence-electron chi connectivity index (χ1n) is 7.39. The average Bonchev–Trinajstić information content (AvgIpc) is 2.68. The Balaban J connectivity index is 1.97. The molecule has 2 aliphatic rings. The topological polar surface area (TPSA) is 86.7 Å². The largest absolute Gasteiger partial charge is 0.481 e. The van der Waals surface area contributed by atoms with Crippen LogP contribution in [0.3, 0.4) is 0 Å². The second-order valence-corrected chi connectivity index (χ2v) is 7.82. The Bertz CT molecular complexity index is 439. The summed E-state index contributed by atoms with van der Waals surface area (Å²) in [6.45, 7) is 2.33. The number of piperidine rings is 1. The molecule has 2 fully saturated rings. The van der Waals surface area contributed by atoms with Gasteiger partial charge in [0, 0.05) is 31.1 Å². The van der Waals surface area contributed by atoms with Gasteiger partial charge in [0.25, 0.3) is 0 Å². The lowest BCUT2D eigenvalue weighted by atomic mass is 10.00. The molecule has 2 bridgehead atoms. The highest BCUT2D eigenvalue weighted by Gasteiger charge is 2.39. The van der Waals surface area contributed by atoms with Gasteiger partial charge >= 0.3 is 5.97 Å². The van der Waals surface area contributed by atoms with Gasteiger partial charge in [-0.3, -0.25) is 4.79 Å². The van der Waals surface area contributed by atoms with Crippen LogP contribution in [-0.4, -0.2) is 54.2 Å². The molecule has 2 atom stereocenters. The van der Waals surface area contributed by atoms with Crippen LogP contribution in [-0.2, 0) is 14.8 Å². The van der Waals surface area contributed by atoms with Crippen LogP contribution >= 0.6 is 0 Å². The zero-order valence-electron chi connectivity index (χ0n) is 11.9. The monoisotopic (exact) mass is 304 g/mol. The van der Waals surface area contributed by atoms with Gasteiger partial charge in [-0.1, -0.05) is 6.92 Å². The van der Waals surface area contributed by atoms with Crippen LogP contribution in [0.2, 0.25) is 0 Å². The van der Waals surface area contributed by atoms with Crippen LogP contribution in [0.4, 0.5) is 0 Å². The molecule has 0 saturated carbocycles. The molecule has 0 spiro atoms. The van der Waals surface area contributed by atoms with Crippen LogP contribution in [0.15, 0.2) is 0 Å². The molecule has 0 amide bonds. The van der Waals surface area contributed by atoms with Gasteiger partial charge < -0.3 is 10.4 Å². The molecule has 2 rings (SSSR count). The van der Waals surface area contributed by atoms with Crippen LogP contribution < -0.4 is 5.32 Å². The summed E-state index contributed by atoms with van der Waals surface area (Å²) in [5.74, 6) is -1.00. The number of rotatable bonds is 7. The van der Waals surface area contributed by atoms with Crippen molar-refractivity contribution in [3.8, 4) is 0 Å². The maximum atomic E-state index is 12.4. The second-order valence-electron chi connectivity index (χ2n) is 5.78. The number of nitrogens with zero attached hydrogens (tertiary/aromatic N) is 1. The van der Waals surface area contributed by atoms with Crippen LogP contribution in [0.1, 0.15) is 45.4 Å². The SMILES string of the molecule is CCN(C1CC2CCC(C1)N2)S(=O)(=O)CCCC(=O)O. The Labute approximate surface area is 120 Å². The molecule has 0 aromatic carbocycles. The molecule has 2 saturated heterocycles. The van der Waals surface area contributed by atoms with E-state index in [1.54, 1.807) is 4.31 Å². The van der Waals surface area contributed by atoms with Crippen molar-refractivity contribution in [2.24, 2.45) is 0 Å². The Kier molecular flexibility index (Phi) is 5.04. The van der Waals surface area contributed by atoms with E-state index in [1.165, 1.54) is 0 Å². The number of hydrogen-bond donors (Lipinski definition) is 2.